The summed E-state index contributed by atoms with van der Waals surface area (Å²) in [7, 11) is 0. The van der Waals surface area contributed by atoms with Gasteiger partial charge in [-0.3, -0.25) is 10.1 Å². The molecular formula is C13H21N5O2. The number of aromatic nitrogens is 1. The Hall–Kier alpha value is -1.89. The van der Waals surface area contributed by atoms with E-state index in [-0.39, 0.29) is 11.5 Å². The second kappa shape index (κ2) is 6.51. The fourth-order valence-corrected chi connectivity index (χ4v) is 2.54. The molecule has 1 aliphatic heterocycles. The number of likely N-dealkylation sites (tertiary alicyclic amines) is 1. The lowest BCUT2D eigenvalue weighted by Gasteiger charge is -2.32. The molecule has 7 nitrogen and oxygen atoms in total. The Morgan fingerprint density at radius 1 is 1.50 bits per heavy atom. The second-order valence-corrected chi connectivity index (χ2v) is 5.15. The van der Waals surface area contributed by atoms with Crippen LogP contribution in [0, 0.1) is 10.1 Å². The molecule has 20 heavy (non-hydrogen) atoms. The predicted octanol–water partition coefficient (Wildman–Crippen LogP) is 1.86. The summed E-state index contributed by atoms with van der Waals surface area (Å²) in [4.78, 5) is 16.9. The molecule has 0 spiro atoms. The smallest absolute Gasteiger partial charge is 0.276 e. The van der Waals surface area contributed by atoms with Crippen molar-refractivity contribution < 1.29 is 4.92 Å². The molecule has 2 heterocycles. The molecule has 7 heteroatoms. The third kappa shape index (κ3) is 3.80. The van der Waals surface area contributed by atoms with Crippen molar-refractivity contribution in [3.8, 4) is 0 Å². The van der Waals surface area contributed by atoms with Crippen molar-refractivity contribution >= 4 is 17.3 Å². The van der Waals surface area contributed by atoms with Gasteiger partial charge < -0.3 is 16.0 Å². The SMILES string of the molecule is CCCN1CCC(Nc2cc([N+](=O)[O-])cc(N)n2)CC1. The number of pyridine rings is 1. The van der Waals surface area contributed by atoms with E-state index in [0.29, 0.717) is 11.9 Å². The normalized spacial score (nSPS) is 17.1. The number of piperidine rings is 1. The molecule has 0 amide bonds. The van der Waals surface area contributed by atoms with Gasteiger partial charge in [0.05, 0.1) is 17.1 Å². The topological polar surface area (TPSA) is 97.3 Å². The molecule has 0 saturated carbocycles. The van der Waals surface area contributed by atoms with E-state index in [0.717, 1.165) is 32.5 Å². The van der Waals surface area contributed by atoms with Gasteiger partial charge >= 0.3 is 0 Å². The summed E-state index contributed by atoms with van der Waals surface area (Å²) in [5.74, 6) is 0.663. The molecule has 0 radical (unpaired) electrons. The summed E-state index contributed by atoms with van der Waals surface area (Å²) in [5.41, 5.74) is 5.58. The zero-order valence-corrected chi connectivity index (χ0v) is 11.7. The third-order valence-corrected chi connectivity index (χ3v) is 3.52. The van der Waals surface area contributed by atoms with Gasteiger partial charge in [0.1, 0.15) is 11.6 Å². The maximum Gasteiger partial charge on any atom is 0.276 e. The highest BCUT2D eigenvalue weighted by atomic mass is 16.6. The first-order valence-electron chi connectivity index (χ1n) is 6.99. The molecule has 110 valence electrons. The Labute approximate surface area is 118 Å². The number of rotatable bonds is 5. The van der Waals surface area contributed by atoms with Gasteiger partial charge in [-0.1, -0.05) is 6.92 Å². The van der Waals surface area contributed by atoms with Gasteiger partial charge in [0.2, 0.25) is 0 Å². The van der Waals surface area contributed by atoms with Gasteiger partial charge in [-0.2, -0.15) is 0 Å². The number of anilines is 2. The van der Waals surface area contributed by atoms with Crippen molar-refractivity contribution in [2.24, 2.45) is 0 Å². The van der Waals surface area contributed by atoms with Gasteiger partial charge in [-0.25, -0.2) is 4.98 Å². The van der Waals surface area contributed by atoms with Gasteiger partial charge in [0, 0.05) is 19.1 Å². The van der Waals surface area contributed by atoms with Crippen molar-refractivity contribution in [1.29, 1.82) is 0 Å². The minimum absolute atomic E-state index is 0.0246. The summed E-state index contributed by atoms with van der Waals surface area (Å²) in [6.45, 7) is 5.42. The van der Waals surface area contributed by atoms with Crippen LogP contribution in [0.2, 0.25) is 0 Å². The number of hydrogen-bond donors (Lipinski definition) is 2. The first-order chi connectivity index (χ1) is 9.58. The average Bonchev–Trinajstić information content (AvgIpc) is 2.40. The van der Waals surface area contributed by atoms with Crippen LogP contribution in [-0.2, 0) is 0 Å². The van der Waals surface area contributed by atoms with E-state index in [4.69, 9.17) is 5.73 Å². The summed E-state index contributed by atoms with van der Waals surface area (Å²) in [6.07, 6.45) is 3.20. The summed E-state index contributed by atoms with van der Waals surface area (Å²) in [6, 6.07) is 3.01. The maximum absolute atomic E-state index is 10.8. The lowest BCUT2D eigenvalue weighted by Crippen LogP contribution is -2.39. The molecule has 0 unspecified atom stereocenters. The van der Waals surface area contributed by atoms with Gasteiger partial charge in [0.15, 0.2) is 0 Å². The highest BCUT2D eigenvalue weighted by Gasteiger charge is 2.19. The molecule has 1 aromatic rings. The standard InChI is InChI=1S/C13H21N5O2/c1-2-5-17-6-3-10(4-7-17)15-13-9-11(18(19)20)8-12(14)16-13/h8-10H,2-7H2,1H3,(H3,14,15,16). The Balaban J connectivity index is 1.96. The fraction of sp³-hybridized carbons (Fsp3) is 0.615. The summed E-state index contributed by atoms with van der Waals surface area (Å²) < 4.78 is 0. The predicted molar refractivity (Wildman–Crippen MR) is 78.7 cm³/mol. The van der Waals surface area contributed by atoms with Crippen LogP contribution in [0.3, 0.4) is 0 Å². The highest BCUT2D eigenvalue weighted by Crippen LogP contribution is 2.21. The summed E-state index contributed by atoms with van der Waals surface area (Å²) in [5, 5.41) is 14.1. The fourth-order valence-electron chi connectivity index (χ4n) is 2.54. The molecule has 0 atom stereocenters. The minimum atomic E-state index is -0.451. The number of nitro groups is 1. The van der Waals surface area contributed by atoms with Crippen molar-refractivity contribution in [1.82, 2.24) is 9.88 Å². The van der Waals surface area contributed by atoms with Crippen molar-refractivity contribution in [3.05, 3.63) is 22.2 Å². The first-order valence-corrected chi connectivity index (χ1v) is 6.99. The van der Waals surface area contributed by atoms with Crippen LogP contribution in [0.5, 0.6) is 0 Å². The molecule has 1 aromatic heterocycles. The number of hydrogen-bond acceptors (Lipinski definition) is 6. The number of nitrogens with two attached hydrogens (primary N) is 1. The number of nitrogens with zero attached hydrogens (tertiary/aromatic N) is 3. The molecule has 1 saturated heterocycles. The van der Waals surface area contributed by atoms with E-state index in [1.807, 2.05) is 0 Å². The Bertz CT molecular complexity index is 472. The van der Waals surface area contributed by atoms with E-state index < -0.39 is 4.92 Å². The highest BCUT2D eigenvalue weighted by molar-refractivity contribution is 5.53. The molecule has 2 rings (SSSR count). The van der Waals surface area contributed by atoms with Crippen molar-refractivity contribution in [2.75, 3.05) is 30.7 Å². The quantitative estimate of drug-likeness (QED) is 0.630. The zero-order chi connectivity index (χ0) is 14.5. The zero-order valence-electron chi connectivity index (χ0n) is 11.7. The van der Waals surface area contributed by atoms with Crippen LogP contribution in [0.4, 0.5) is 17.3 Å². The van der Waals surface area contributed by atoms with Crippen molar-refractivity contribution in [3.63, 3.8) is 0 Å². The van der Waals surface area contributed by atoms with Crippen molar-refractivity contribution in [2.45, 2.75) is 32.2 Å². The maximum atomic E-state index is 10.8. The lowest BCUT2D eigenvalue weighted by atomic mass is 10.0. The first kappa shape index (κ1) is 14.5. The van der Waals surface area contributed by atoms with Gasteiger partial charge in [0.25, 0.3) is 5.69 Å². The molecule has 0 aromatic carbocycles. The van der Waals surface area contributed by atoms with Crippen LogP contribution in [0.1, 0.15) is 26.2 Å². The minimum Gasteiger partial charge on any atom is -0.383 e. The average molecular weight is 279 g/mol. The molecule has 3 N–H and O–H groups in total. The number of nitrogens with one attached hydrogen (secondary N) is 1. The lowest BCUT2D eigenvalue weighted by molar-refractivity contribution is -0.384. The van der Waals surface area contributed by atoms with Gasteiger partial charge in [-0.05, 0) is 25.8 Å². The van der Waals surface area contributed by atoms with E-state index in [1.54, 1.807) is 0 Å². The van der Waals surface area contributed by atoms with Crippen LogP contribution < -0.4 is 11.1 Å². The Morgan fingerprint density at radius 3 is 2.80 bits per heavy atom. The Morgan fingerprint density at radius 2 is 2.20 bits per heavy atom. The largest absolute Gasteiger partial charge is 0.383 e. The second-order valence-electron chi connectivity index (χ2n) is 5.15. The molecule has 0 aliphatic carbocycles. The van der Waals surface area contributed by atoms with E-state index in [2.05, 4.69) is 22.1 Å². The summed E-state index contributed by atoms with van der Waals surface area (Å²) >= 11 is 0. The monoisotopic (exact) mass is 279 g/mol. The van der Waals surface area contributed by atoms with Crippen LogP contribution >= 0.6 is 0 Å². The number of nitrogen functional groups attached to an aromatic ring is 1. The van der Waals surface area contributed by atoms with Crippen LogP contribution in [-0.4, -0.2) is 40.5 Å². The van der Waals surface area contributed by atoms with Crippen LogP contribution in [0.25, 0.3) is 0 Å². The molecule has 1 aliphatic rings. The molecular weight excluding hydrogens is 258 g/mol. The van der Waals surface area contributed by atoms with E-state index >= 15 is 0 Å². The van der Waals surface area contributed by atoms with Gasteiger partial charge in [-0.15, -0.1) is 0 Å². The third-order valence-electron chi connectivity index (χ3n) is 3.52. The van der Waals surface area contributed by atoms with E-state index in [9.17, 15) is 10.1 Å². The van der Waals surface area contributed by atoms with Crippen LogP contribution in [0.15, 0.2) is 12.1 Å². The van der Waals surface area contributed by atoms with E-state index in [1.165, 1.54) is 18.6 Å². The molecule has 0 bridgehead atoms. The Kier molecular flexibility index (Phi) is 4.73. The molecule has 1 fully saturated rings.